The average Bonchev–Trinajstić information content (AvgIpc) is 3.16. The molecule has 0 radical (unpaired) electrons. The van der Waals surface area contributed by atoms with Crippen molar-refractivity contribution in [3.8, 4) is 0 Å². The first kappa shape index (κ1) is 23.6. The molecule has 0 unspecified atom stereocenters. The molecule has 0 aliphatic carbocycles. The van der Waals surface area contributed by atoms with E-state index < -0.39 is 0 Å². The number of piperidine rings is 1. The van der Waals surface area contributed by atoms with E-state index in [1.807, 2.05) is 12.1 Å². The van der Waals surface area contributed by atoms with E-state index in [-0.39, 0.29) is 28.6 Å². The van der Waals surface area contributed by atoms with Crippen molar-refractivity contribution in [3.63, 3.8) is 0 Å². The molecular formula is C26H26FN5O2S. The van der Waals surface area contributed by atoms with E-state index in [4.69, 9.17) is 0 Å². The summed E-state index contributed by atoms with van der Waals surface area (Å²) < 4.78 is 13.4. The molecule has 1 N–H and O–H groups in total. The first-order valence-electron chi connectivity index (χ1n) is 11.7. The molecule has 180 valence electrons. The molecule has 4 heterocycles. The Labute approximate surface area is 207 Å². The number of allylic oxidation sites excluding steroid dienone is 1. The number of hydrogen-bond acceptors (Lipinski definition) is 8. The zero-order valence-corrected chi connectivity index (χ0v) is 20.3. The summed E-state index contributed by atoms with van der Waals surface area (Å²) in [6.07, 6.45) is 5.31. The second-order valence-electron chi connectivity index (χ2n) is 9.40. The lowest BCUT2D eigenvalue weighted by atomic mass is 9.80. The summed E-state index contributed by atoms with van der Waals surface area (Å²) in [6.45, 7) is 5.49. The number of ketones is 1. The van der Waals surface area contributed by atoms with Gasteiger partial charge >= 0.3 is 0 Å². The molecule has 3 aromatic rings. The van der Waals surface area contributed by atoms with Crippen LogP contribution in [0.25, 0.3) is 17.0 Å². The molecule has 5 rings (SSSR count). The quantitative estimate of drug-likeness (QED) is 0.407. The summed E-state index contributed by atoms with van der Waals surface area (Å²) in [5, 5.41) is 4.23. The van der Waals surface area contributed by atoms with Gasteiger partial charge in [0.15, 0.2) is 5.78 Å². The Morgan fingerprint density at radius 3 is 2.74 bits per heavy atom. The minimum Gasteiger partial charge on any atom is -0.341 e. The summed E-state index contributed by atoms with van der Waals surface area (Å²) in [7, 11) is 0. The Morgan fingerprint density at radius 2 is 1.97 bits per heavy atom. The van der Waals surface area contributed by atoms with Crippen molar-refractivity contribution >= 4 is 45.6 Å². The lowest BCUT2D eigenvalue weighted by molar-refractivity contribution is -0.119. The normalized spacial score (nSPS) is 19.1. The highest BCUT2D eigenvalue weighted by Gasteiger charge is 2.31. The SMILES string of the molecule is CC1(CNCc2ccc3cc(F)ccc3n2)CCN(c2nccc(/C=C3\SC(=O)CC3=O)n2)CC1. The number of nitrogens with one attached hydrogen (secondary N) is 1. The number of rotatable bonds is 6. The standard InChI is InChI=1S/C26H26FN5O2S/c1-26(16-28-15-20-4-2-17-12-18(27)3-5-21(17)30-20)7-10-32(11-8-26)25-29-9-6-19(31-25)13-23-22(33)14-24(34)35-23/h2-6,9,12-13,28H,7-8,10-11,14-16H2,1H3/b23-13-. The van der Waals surface area contributed by atoms with Gasteiger partial charge < -0.3 is 10.2 Å². The monoisotopic (exact) mass is 491 g/mol. The van der Waals surface area contributed by atoms with Crippen molar-refractivity contribution in [1.82, 2.24) is 20.3 Å². The molecule has 35 heavy (non-hydrogen) atoms. The van der Waals surface area contributed by atoms with Crippen LogP contribution in [0, 0.1) is 11.2 Å². The number of benzene rings is 1. The maximum atomic E-state index is 13.4. The largest absolute Gasteiger partial charge is 0.341 e. The van der Waals surface area contributed by atoms with Crippen molar-refractivity contribution in [2.45, 2.75) is 32.7 Å². The number of pyridine rings is 1. The summed E-state index contributed by atoms with van der Waals surface area (Å²) in [5.41, 5.74) is 2.51. The molecule has 1 aromatic carbocycles. The number of anilines is 1. The van der Waals surface area contributed by atoms with Gasteiger partial charge in [-0.25, -0.2) is 14.4 Å². The number of fused-ring (bicyclic) bond motifs is 1. The molecule has 2 aliphatic heterocycles. The van der Waals surface area contributed by atoms with Crippen LogP contribution in [-0.2, 0) is 16.1 Å². The van der Waals surface area contributed by atoms with Crippen molar-refractivity contribution in [3.05, 3.63) is 64.7 Å². The van der Waals surface area contributed by atoms with Crippen molar-refractivity contribution < 1.29 is 14.0 Å². The molecule has 0 atom stereocenters. The first-order valence-corrected chi connectivity index (χ1v) is 12.5. The van der Waals surface area contributed by atoms with Gasteiger partial charge in [-0.15, -0.1) is 0 Å². The number of halogens is 1. The summed E-state index contributed by atoms with van der Waals surface area (Å²) in [5.74, 6) is 0.250. The minimum atomic E-state index is -0.252. The third kappa shape index (κ3) is 5.57. The number of carbonyl (C=O) groups excluding carboxylic acids is 2. The summed E-state index contributed by atoms with van der Waals surface area (Å²) >= 11 is 0.989. The van der Waals surface area contributed by atoms with Gasteiger partial charge in [-0.3, -0.25) is 14.6 Å². The Kier molecular flexibility index (Phi) is 6.62. The van der Waals surface area contributed by atoms with Gasteiger partial charge in [0, 0.05) is 37.8 Å². The molecule has 2 aromatic heterocycles. The molecule has 2 fully saturated rings. The molecule has 2 aliphatic rings. The van der Waals surface area contributed by atoms with Crippen LogP contribution in [0.15, 0.2) is 47.5 Å². The van der Waals surface area contributed by atoms with E-state index in [0.717, 1.165) is 60.8 Å². The van der Waals surface area contributed by atoms with Crippen molar-refractivity contribution in [1.29, 1.82) is 0 Å². The third-order valence-electron chi connectivity index (χ3n) is 6.57. The fraction of sp³-hybridized carbons (Fsp3) is 0.346. The van der Waals surface area contributed by atoms with Gasteiger partial charge in [-0.1, -0.05) is 13.0 Å². The van der Waals surface area contributed by atoms with Gasteiger partial charge in [0.2, 0.25) is 11.1 Å². The van der Waals surface area contributed by atoms with E-state index in [1.54, 1.807) is 24.4 Å². The fourth-order valence-electron chi connectivity index (χ4n) is 4.43. The van der Waals surface area contributed by atoms with Crippen LogP contribution in [0.2, 0.25) is 0 Å². The predicted octanol–water partition coefficient (Wildman–Crippen LogP) is 4.13. The lowest BCUT2D eigenvalue weighted by Gasteiger charge is -2.39. The molecule has 7 nitrogen and oxygen atoms in total. The molecule has 0 spiro atoms. The van der Waals surface area contributed by atoms with Crippen LogP contribution in [0.5, 0.6) is 0 Å². The molecule has 9 heteroatoms. The van der Waals surface area contributed by atoms with Crippen LogP contribution in [0.4, 0.5) is 10.3 Å². The second kappa shape index (κ2) is 9.83. The van der Waals surface area contributed by atoms with E-state index in [0.29, 0.717) is 23.1 Å². The fourth-order valence-corrected chi connectivity index (χ4v) is 5.24. The number of carbonyl (C=O) groups is 2. The van der Waals surface area contributed by atoms with Crippen LogP contribution in [0.3, 0.4) is 0 Å². The Bertz CT molecular complexity index is 1320. The number of thioether (sulfide) groups is 1. The number of nitrogens with zero attached hydrogens (tertiary/aromatic N) is 4. The van der Waals surface area contributed by atoms with E-state index in [1.165, 1.54) is 12.1 Å². The van der Waals surface area contributed by atoms with Gasteiger partial charge in [-0.2, -0.15) is 0 Å². The smallest absolute Gasteiger partial charge is 0.225 e. The van der Waals surface area contributed by atoms with E-state index >= 15 is 0 Å². The number of hydrogen-bond donors (Lipinski definition) is 1. The summed E-state index contributed by atoms with van der Waals surface area (Å²) in [4.78, 5) is 39.7. The van der Waals surface area contributed by atoms with Gasteiger partial charge in [-0.05, 0) is 66.4 Å². The topological polar surface area (TPSA) is 88.1 Å². The zero-order valence-electron chi connectivity index (χ0n) is 19.5. The van der Waals surface area contributed by atoms with Crippen LogP contribution < -0.4 is 10.2 Å². The maximum absolute atomic E-state index is 13.4. The van der Waals surface area contributed by atoms with Crippen LogP contribution in [-0.4, -0.2) is 45.5 Å². The second-order valence-corrected chi connectivity index (χ2v) is 10.5. The Hall–Kier alpha value is -3.17. The highest BCUT2D eigenvalue weighted by atomic mass is 32.2. The predicted molar refractivity (Wildman–Crippen MR) is 135 cm³/mol. The van der Waals surface area contributed by atoms with Crippen molar-refractivity contribution in [2.24, 2.45) is 5.41 Å². The number of aromatic nitrogens is 3. The third-order valence-corrected chi connectivity index (χ3v) is 7.50. The Morgan fingerprint density at radius 1 is 1.14 bits per heavy atom. The van der Waals surface area contributed by atoms with Gasteiger partial charge in [0.05, 0.1) is 28.2 Å². The highest BCUT2D eigenvalue weighted by Crippen LogP contribution is 2.33. The Balaban J connectivity index is 1.16. The molecule has 0 saturated carbocycles. The summed E-state index contributed by atoms with van der Waals surface area (Å²) in [6, 6.07) is 10.2. The first-order chi connectivity index (χ1) is 16.9. The molecule has 0 bridgehead atoms. The van der Waals surface area contributed by atoms with Gasteiger partial charge in [0.25, 0.3) is 0 Å². The number of Topliss-reactive ketones (excluding diaryl/α,β-unsaturated/α-hetero) is 1. The van der Waals surface area contributed by atoms with Crippen molar-refractivity contribution in [2.75, 3.05) is 24.5 Å². The molecule has 0 amide bonds. The van der Waals surface area contributed by atoms with E-state index in [9.17, 15) is 14.0 Å². The van der Waals surface area contributed by atoms with Crippen LogP contribution >= 0.6 is 11.8 Å². The minimum absolute atomic E-state index is 0.0376. The zero-order chi connectivity index (χ0) is 24.4. The molecule has 2 saturated heterocycles. The van der Waals surface area contributed by atoms with Crippen LogP contribution in [0.1, 0.15) is 37.6 Å². The average molecular weight is 492 g/mol. The maximum Gasteiger partial charge on any atom is 0.225 e. The lowest BCUT2D eigenvalue weighted by Crippen LogP contribution is -2.44. The van der Waals surface area contributed by atoms with E-state index in [2.05, 4.69) is 32.1 Å². The highest BCUT2D eigenvalue weighted by molar-refractivity contribution is 8.18. The molecular weight excluding hydrogens is 465 g/mol. The van der Waals surface area contributed by atoms with Gasteiger partial charge in [0.1, 0.15) is 5.82 Å².